The van der Waals surface area contributed by atoms with Gasteiger partial charge < -0.3 is 5.32 Å². The number of fused-ring (bicyclic) bond motifs is 1. The molecule has 1 heterocycles. The summed E-state index contributed by atoms with van der Waals surface area (Å²) in [4.78, 5) is 35.9. The summed E-state index contributed by atoms with van der Waals surface area (Å²) >= 11 is 0. The van der Waals surface area contributed by atoms with Crippen molar-refractivity contribution in [2.24, 2.45) is 0 Å². The van der Waals surface area contributed by atoms with Gasteiger partial charge in [0, 0.05) is 34.1 Å². The SMILES string of the molecule is CS(=O)c1ccc(C(=O)NCc2ccc3c(c2)C(=O)NC3=O)cc1. The molecule has 2 aromatic carbocycles. The molecule has 122 valence electrons. The van der Waals surface area contributed by atoms with Gasteiger partial charge in [-0.2, -0.15) is 0 Å². The van der Waals surface area contributed by atoms with E-state index < -0.39 is 22.6 Å². The zero-order chi connectivity index (χ0) is 17.3. The van der Waals surface area contributed by atoms with Gasteiger partial charge in [0.1, 0.15) is 0 Å². The summed E-state index contributed by atoms with van der Waals surface area (Å²) in [6.45, 7) is 0.231. The molecule has 3 rings (SSSR count). The summed E-state index contributed by atoms with van der Waals surface area (Å²) < 4.78 is 11.3. The first-order valence-corrected chi connectivity index (χ1v) is 8.72. The standard InChI is InChI=1S/C17H14N2O4S/c1-24(23)12-5-3-11(4-6-12)15(20)18-9-10-2-7-13-14(8-10)17(22)19-16(13)21/h2-8H,9H2,1H3,(H,18,20)(H,19,21,22). The van der Waals surface area contributed by atoms with E-state index in [-0.39, 0.29) is 12.5 Å². The molecule has 0 saturated heterocycles. The van der Waals surface area contributed by atoms with Crippen LogP contribution in [0.5, 0.6) is 0 Å². The quantitative estimate of drug-likeness (QED) is 0.818. The molecule has 0 spiro atoms. The number of imide groups is 1. The lowest BCUT2D eigenvalue weighted by atomic mass is 10.1. The molecule has 1 atom stereocenters. The minimum absolute atomic E-state index is 0.231. The molecule has 7 heteroatoms. The molecule has 0 aliphatic carbocycles. The first-order valence-electron chi connectivity index (χ1n) is 7.16. The van der Waals surface area contributed by atoms with Gasteiger partial charge in [-0.1, -0.05) is 6.07 Å². The van der Waals surface area contributed by atoms with Crippen molar-refractivity contribution in [3.8, 4) is 0 Å². The number of carbonyl (C=O) groups is 3. The van der Waals surface area contributed by atoms with Gasteiger partial charge in [0.15, 0.2) is 0 Å². The maximum absolute atomic E-state index is 12.1. The predicted molar refractivity (Wildman–Crippen MR) is 88.2 cm³/mol. The van der Waals surface area contributed by atoms with Gasteiger partial charge in [0.2, 0.25) is 0 Å². The number of amides is 3. The molecular formula is C17H14N2O4S. The van der Waals surface area contributed by atoms with Crippen molar-refractivity contribution in [1.29, 1.82) is 0 Å². The summed E-state index contributed by atoms with van der Waals surface area (Å²) in [6, 6.07) is 11.4. The number of carbonyl (C=O) groups excluding carboxylic acids is 3. The molecule has 3 amide bonds. The van der Waals surface area contributed by atoms with Crippen LogP contribution in [0, 0.1) is 0 Å². The summed E-state index contributed by atoms with van der Waals surface area (Å²) in [5.74, 6) is -1.10. The van der Waals surface area contributed by atoms with Gasteiger partial charge in [0.25, 0.3) is 17.7 Å². The third-order valence-corrected chi connectivity index (χ3v) is 4.64. The number of hydrogen-bond acceptors (Lipinski definition) is 4. The maximum Gasteiger partial charge on any atom is 0.258 e. The van der Waals surface area contributed by atoms with Crippen LogP contribution in [0.3, 0.4) is 0 Å². The van der Waals surface area contributed by atoms with Gasteiger partial charge in [-0.15, -0.1) is 0 Å². The summed E-state index contributed by atoms with van der Waals surface area (Å²) in [7, 11) is -1.09. The number of hydrogen-bond donors (Lipinski definition) is 2. The van der Waals surface area contributed by atoms with E-state index in [1.165, 1.54) is 0 Å². The van der Waals surface area contributed by atoms with Gasteiger partial charge >= 0.3 is 0 Å². The fourth-order valence-corrected chi connectivity index (χ4v) is 2.93. The molecule has 0 radical (unpaired) electrons. The molecule has 1 unspecified atom stereocenters. The molecule has 0 saturated carbocycles. The lowest BCUT2D eigenvalue weighted by Crippen LogP contribution is -2.23. The van der Waals surface area contributed by atoms with Crippen LogP contribution in [0.1, 0.15) is 36.6 Å². The van der Waals surface area contributed by atoms with Crippen LogP contribution in [0.4, 0.5) is 0 Å². The van der Waals surface area contributed by atoms with E-state index in [2.05, 4.69) is 10.6 Å². The third kappa shape index (κ3) is 3.11. The van der Waals surface area contributed by atoms with Gasteiger partial charge in [-0.3, -0.25) is 23.9 Å². The normalized spacial score (nSPS) is 14.0. The van der Waals surface area contributed by atoms with E-state index in [4.69, 9.17) is 0 Å². The van der Waals surface area contributed by atoms with Crippen molar-refractivity contribution in [2.75, 3.05) is 6.26 Å². The average molecular weight is 342 g/mol. The summed E-state index contributed by atoms with van der Waals surface area (Å²) in [5, 5.41) is 4.97. The topological polar surface area (TPSA) is 92.3 Å². The minimum atomic E-state index is -1.09. The Bertz CT molecular complexity index is 875. The van der Waals surface area contributed by atoms with Crippen LogP contribution in [0.2, 0.25) is 0 Å². The maximum atomic E-state index is 12.1. The second kappa shape index (κ2) is 6.37. The van der Waals surface area contributed by atoms with Crippen LogP contribution in [0.25, 0.3) is 0 Å². The first-order chi connectivity index (χ1) is 11.5. The van der Waals surface area contributed by atoms with E-state index in [1.807, 2.05) is 0 Å². The Morgan fingerprint density at radius 1 is 1.04 bits per heavy atom. The zero-order valence-corrected chi connectivity index (χ0v) is 13.6. The summed E-state index contributed by atoms with van der Waals surface area (Å²) in [5.41, 5.74) is 1.84. The molecule has 0 bridgehead atoms. The van der Waals surface area contributed by atoms with Gasteiger partial charge in [-0.05, 0) is 42.0 Å². The Labute approximate surface area is 140 Å². The molecule has 0 aromatic heterocycles. The first kappa shape index (κ1) is 16.1. The van der Waals surface area contributed by atoms with Gasteiger partial charge in [-0.25, -0.2) is 0 Å². The number of benzene rings is 2. The molecule has 0 fully saturated rings. The van der Waals surface area contributed by atoms with E-state index in [0.717, 1.165) is 5.56 Å². The largest absolute Gasteiger partial charge is 0.348 e. The highest BCUT2D eigenvalue weighted by Crippen LogP contribution is 2.17. The molecule has 2 aromatic rings. The Morgan fingerprint density at radius 3 is 2.38 bits per heavy atom. The predicted octanol–water partition coefficient (Wildman–Crippen LogP) is 1.24. The van der Waals surface area contributed by atoms with Gasteiger partial charge in [0.05, 0.1) is 11.1 Å². The van der Waals surface area contributed by atoms with E-state index in [9.17, 15) is 18.6 Å². The van der Waals surface area contributed by atoms with Crippen LogP contribution in [-0.2, 0) is 17.3 Å². The minimum Gasteiger partial charge on any atom is -0.348 e. The smallest absolute Gasteiger partial charge is 0.258 e. The van der Waals surface area contributed by atoms with E-state index in [0.29, 0.717) is 21.6 Å². The van der Waals surface area contributed by atoms with Crippen LogP contribution in [-0.4, -0.2) is 28.2 Å². The van der Waals surface area contributed by atoms with Crippen molar-refractivity contribution >= 4 is 28.5 Å². The Kier molecular flexibility index (Phi) is 4.26. The monoisotopic (exact) mass is 342 g/mol. The highest BCUT2D eigenvalue weighted by Gasteiger charge is 2.26. The average Bonchev–Trinajstić information content (AvgIpc) is 2.86. The lowest BCUT2D eigenvalue weighted by molar-refractivity contribution is 0.0878. The number of rotatable bonds is 4. The zero-order valence-electron chi connectivity index (χ0n) is 12.8. The van der Waals surface area contributed by atoms with E-state index in [1.54, 1.807) is 48.7 Å². The number of nitrogens with one attached hydrogen (secondary N) is 2. The van der Waals surface area contributed by atoms with Crippen molar-refractivity contribution < 1.29 is 18.6 Å². The van der Waals surface area contributed by atoms with Crippen molar-refractivity contribution in [1.82, 2.24) is 10.6 Å². The molecular weight excluding hydrogens is 328 g/mol. The van der Waals surface area contributed by atoms with Crippen molar-refractivity contribution in [2.45, 2.75) is 11.4 Å². The fourth-order valence-electron chi connectivity index (χ4n) is 2.41. The van der Waals surface area contributed by atoms with Crippen LogP contribution < -0.4 is 10.6 Å². The highest BCUT2D eigenvalue weighted by molar-refractivity contribution is 7.84. The molecule has 2 N–H and O–H groups in total. The Hall–Kier alpha value is -2.80. The third-order valence-electron chi connectivity index (χ3n) is 3.70. The lowest BCUT2D eigenvalue weighted by Gasteiger charge is -2.07. The van der Waals surface area contributed by atoms with Crippen molar-refractivity contribution in [3.63, 3.8) is 0 Å². The molecule has 24 heavy (non-hydrogen) atoms. The fraction of sp³-hybridized carbons (Fsp3) is 0.118. The molecule has 1 aliphatic heterocycles. The molecule has 6 nitrogen and oxygen atoms in total. The van der Waals surface area contributed by atoms with Crippen molar-refractivity contribution in [3.05, 3.63) is 64.7 Å². The second-order valence-corrected chi connectivity index (χ2v) is 6.70. The van der Waals surface area contributed by atoms with Crippen LogP contribution in [0.15, 0.2) is 47.4 Å². The Balaban J connectivity index is 1.68. The highest BCUT2D eigenvalue weighted by atomic mass is 32.2. The molecule has 1 aliphatic rings. The summed E-state index contributed by atoms with van der Waals surface area (Å²) in [6.07, 6.45) is 1.57. The second-order valence-electron chi connectivity index (χ2n) is 5.32. The van der Waals surface area contributed by atoms with Crippen LogP contribution >= 0.6 is 0 Å². The van der Waals surface area contributed by atoms with E-state index >= 15 is 0 Å². The Morgan fingerprint density at radius 2 is 1.71 bits per heavy atom.